The summed E-state index contributed by atoms with van der Waals surface area (Å²) < 4.78 is 6.79. The first-order chi connectivity index (χ1) is 11.3. The van der Waals surface area contributed by atoms with Gasteiger partial charge in [-0.15, -0.1) is 0 Å². The van der Waals surface area contributed by atoms with Crippen molar-refractivity contribution >= 4 is 11.6 Å². The Morgan fingerprint density at radius 2 is 1.92 bits per heavy atom. The van der Waals surface area contributed by atoms with Crippen LogP contribution in [0.15, 0.2) is 11.6 Å². The van der Waals surface area contributed by atoms with Gasteiger partial charge in [0.2, 0.25) is 0 Å². The first-order valence-corrected chi connectivity index (χ1v) is 9.76. The van der Waals surface area contributed by atoms with Crippen LogP contribution in [0, 0.1) is 28.6 Å². The summed E-state index contributed by atoms with van der Waals surface area (Å²) in [6, 6.07) is 0. The Kier molecular flexibility index (Phi) is 2.81. The van der Waals surface area contributed by atoms with Gasteiger partial charge in [0.25, 0.3) is 0 Å². The second-order valence-electron chi connectivity index (χ2n) is 9.52. The lowest BCUT2D eigenvalue weighted by Gasteiger charge is -2.64. The molecule has 2 heterocycles. The quantitative estimate of drug-likeness (QED) is 0.734. The van der Waals surface area contributed by atoms with Crippen molar-refractivity contribution in [2.24, 2.45) is 28.6 Å². The molecule has 7 atom stereocenters. The predicted octanol–water partition coefficient (Wildman–Crippen LogP) is 3.85. The number of carbonyl (C=O) groups is 2. The summed E-state index contributed by atoms with van der Waals surface area (Å²) in [7, 11) is 0. The van der Waals surface area contributed by atoms with E-state index in [4.69, 9.17) is 4.74 Å². The van der Waals surface area contributed by atoms with Gasteiger partial charge < -0.3 is 4.74 Å². The molecule has 0 aromatic heterocycles. The minimum atomic E-state index is -0.659. The van der Waals surface area contributed by atoms with Crippen molar-refractivity contribution in [2.75, 3.05) is 0 Å². The Hall–Kier alpha value is -0.960. The Morgan fingerprint density at radius 1 is 1.17 bits per heavy atom. The third-order valence-electron chi connectivity index (χ3n) is 9.07. The molecule has 6 aliphatic rings. The lowest BCUT2D eigenvalue weighted by atomic mass is 9.44. The number of fused-ring (bicyclic) bond motifs is 1. The van der Waals surface area contributed by atoms with Crippen LogP contribution in [0.3, 0.4) is 0 Å². The summed E-state index contributed by atoms with van der Waals surface area (Å²) in [4.78, 5) is 25.2. The highest BCUT2D eigenvalue weighted by Crippen LogP contribution is 2.71. The molecule has 0 aromatic rings. The first-order valence-electron chi connectivity index (χ1n) is 9.76. The third kappa shape index (κ3) is 1.46. The zero-order chi connectivity index (χ0) is 16.9. The predicted molar refractivity (Wildman–Crippen MR) is 90.4 cm³/mol. The highest BCUT2D eigenvalue weighted by Gasteiger charge is 2.71. The average molecular weight is 328 g/mol. The van der Waals surface area contributed by atoms with Crippen molar-refractivity contribution in [1.82, 2.24) is 0 Å². The normalized spacial score (nSPS) is 55.0. The van der Waals surface area contributed by atoms with Crippen LogP contribution in [-0.4, -0.2) is 23.3 Å². The first kappa shape index (κ1) is 15.3. The molecule has 130 valence electrons. The average Bonchev–Trinajstić information content (AvgIpc) is 2.83. The molecular weight excluding hydrogens is 300 g/mol. The summed E-state index contributed by atoms with van der Waals surface area (Å²) in [6.07, 6.45) is 8.77. The van der Waals surface area contributed by atoms with Gasteiger partial charge in [-0.3, -0.25) is 9.59 Å². The van der Waals surface area contributed by atoms with Crippen molar-refractivity contribution in [3.8, 4) is 0 Å². The zero-order valence-electron chi connectivity index (χ0n) is 15.1. The van der Waals surface area contributed by atoms with Crippen LogP contribution in [0.2, 0.25) is 0 Å². The van der Waals surface area contributed by atoms with E-state index in [9.17, 15) is 9.59 Å². The van der Waals surface area contributed by atoms with Crippen molar-refractivity contribution in [2.45, 2.75) is 77.4 Å². The van der Waals surface area contributed by atoms with Crippen molar-refractivity contribution in [3.05, 3.63) is 11.6 Å². The minimum absolute atomic E-state index is 0.0386. The number of ketones is 2. The number of hydrogen-bond donors (Lipinski definition) is 0. The maximum absolute atomic E-state index is 12.9. The fraction of sp³-hybridized carbons (Fsp3) is 0.810. The van der Waals surface area contributed by atoms with Gasteiger partial charge in [-0.25, -0.2) is 0 Å². The summed E-state index contributed by atoms with van der Waals surface area (Å²) in [6.45, 7) is 6.38. The molecule has 6 bridgehead atoms. The van der Waals surface area contributed by atoms with Crippen LogP contribution in [0.25, 0.3) is 0 Å². The minimum Gasteiger partial charge on any atom is -0.362 e. The van der Waals surface area contributed by atoms with E-state index in [1.54, 1.807) is 6.92 Å². The highest BCUT2D eigenvalue weighted by molar-refractivity contribution is 5.92. The lowest BCUT2D eigenvalue weighted by molar-refractivity contribution is -0.240. The molecule has 3 saturated carbocycles. The number of ether oxygens (including phenoxy) is 1. The fourth-order valence-corrected chi connectivity index (χ4v) is 7.85. The van der Waals surface area contributed by atoms with E-state index in [1.165, 1.54) is 18.4 Å². The van der Waals surface area contributed by atoms with Crippen LogP contribution in [0.5, 0.6) is 0 Å². The molecule has 3 nitrogen and oxygen atoms in total. The SMILES string of the molecule is CC(=O)[C@]12CC[C@H]3[C@@H]4CCC5=CC(=O)CC(O1)[C@]5(C)[C@H]4CC[C@@]32C. The number of rotatable bonds is 1. The van der Waals surface area contributed by atoms with E-state index < -0.39 is 5.60 Å². The number of hydrogen-bond acceptors (Lipinski definition) is 3. The molecule has 24 heavy (non-hydrogen) atoms. The maximum Gasteiger partial charge on any atom is 0.162 e. The van der Waals surface area contributed by atoms with Gasteiger partial charge in [-0.2, -0.15) is 0 Å². The Bertz CT molecular complexity index is 679. The highest BCUT2D eigenvalue weighted by atomic mass is 16.5. The molecule has 0 amide bonds. The lowest BCUT2D eigenvalue weighted by Crippen LogP contribution is -2.66. The standard InChI is InChI=1S/C21H28O3/c1-12(22)21-9-7-16-15-5-4-13-10-14(23)11-18(24-21)20(13,3)17(15)6-8-19(16,21)2/h10,15-18H,4-9,11H2,1-3H3/t15-,16-,17-,18?,19-,20-,21-/m0/s1. The van der Waals surface area contributed by atoms with Crippen LogP contribution in [0.1, 0.15) is 65.7 Å². The largest absolute Gasteiger partial charge is 0.362 e. The molecule has 0 spiro atoms. The van der Waals surface area contributed by atoms with E-state index in [0.717, 1.165) is 25.7 Å². The Balaban J connectivity index is 1.76. The van der Waals surface area contributed by atoms with Gasteiger partial charge in [0.15, 0.2) is 11.6 Å². The van der Waals surface area contributed by atoms with Crippen molar-refractivity contribution in [3.63, 3.8) is 0 Å². The van der Waals surface area contributed by atoms with Gasteiger partial charge in [-0.1, -0.05) is 19.4 Å². The van der Waals surface area contributed by atoms with E-state index in [0.29, 0.717) is 24.2 Å². The Labute approximate surface area is 144 Å². The van der Waals surface area contributed by atoms with Gasteiger partial charge in [0.05, 0.1) is 6.10 Å². The summed E-state index contributed by atoms with van der Waals surface area (Å²) >= 11 is 0. The molecule has 2 saturated heterocycles. The van der Waals surface area contributed by atoms with Crippen LogP contribution >= 0.6 is 0 Å². The van der Waals surface area contributed by atoms with Gasteiger partial charge >= 0.3 is 0 Å². The number of carbonyl (C=O) groups excluding carboxylic acids is 2. The third-order valence-corrected chi connectivity index (χ3v) is 9.07. The molecule has 0 radical (unpaired) electrons. The maximum atomic E-state index is 12.9. The summed E-state index contributed by atoms with van der Waals surface area (Å²) in [5.41, 5.74) is 0.576. The van der Waals surface area contributed by atoms with Crippen LogP contribution in [0.4, 0.5) is 0 Å². The Morgan fingerprint density at radius 3 is 2.67 bits per heavy atom. The summed E-state index contributed by atoms with van der Waals surface area (Å²) in [5, 5.41) is 0. The van der Waals surface area contributed by atoms with Gasteiger partial charge in [0.1, 0.15) is 5.60 Å². The van der Waals surface area contributed by atoms with Crippen LogP contribution < -0.4 is 0 Å². The van der Waals surface area contributed by atoms with Crippen molar-refractivity contribution < 1.29 is 14.3 Å². The molecule has 3 heteroatoms. The van der Waals surface area contributed by atoms with Gasteiger partial charge in [0, 0.05) is 17.3 Å². The molecule has 2 aliphatic heterocycles. The van der Waals surface area contributed by atoms with E-state index in [1.807, 2.05) is 6.08 Å². The molecule has 1 unspecified atom stereocenters. The van der Waals surface area contributed by atoms with E-state index >= 15 is 0 Å². The van der Waals surface area contributed by atoms with Crippen LogP contribution in [-0.2, 0) is 14.3 Å². The van der Waals surface area contributed by atoms with E-state index in [-0.39, 0.29) is 28.5 Å². The molecule has 5 fully saturated rings. The second-order valence-corrected chi connectivity index (χ2v) is 9.52. The summed E-state index contributed by atoms with van der Waals surface area (Å²) in [5.74, 6) is 2.32. The molecular formula is C21H28O3. The molecule has 6 rings (SSSR count). The topological polar surface area (TPSA) is 43.4 Å². The number of Topliss-reactive ketones (excluding diaryl/α,β-unsaturated/α-hetero) is 1. The second kappa shape index (κ2) is 4.41. The molecule has 0 N–H and O–H groups in total. The monoisotopic (exact) mass is 328 g/mol. The molecule has 4 aliphatic carbocycles. The smallest absolute Gasteiger partial charge is 0.162 e. The van der Waals surface area contributed by atoms with Gasteiger partial charge in [-0.05, 0) is 69.3 Å². The van der Waals surface area contributed by atoms with Crippen molar-refractivity contribution in [1.29, 1.82) is 0 Å². The molecule has 0 aromatic carbocycles. The fourth-order valence-electron chi connectivity index (χ4n) is 7.85. The van der Waals surface area contributed by atoms with E-state index in [2.05, 4.69) is 13.8 Å². The zero-order valence-corrected chi connectivity index (χ0v) is 15.1.